The van der Waals surface area contributed by atoms with Gasteiger partial charge in [-0.3, -0.25) is 0 Å². The molecule has 0 bridgehead atoms. The van der Waals surface area contributed by atoms with Gasteiger partial charge < -0.3 is 14.8 Å². The van der Waals surface area contributed by atoms with Gasteiger partial charge in [0.15, 0.2) is 0 Å². The van der Waals surface area contributed by atoms with Gasteiger partial charge in [-0.1, -0.05) is 13.0 Å². The summed E-state index contributed by atoms with van der Waals surface area (Å²) in [6, 6.07) is 5.03. The van der Waals surface area contributed by atoms with Gasteiger partial charge in [0.05, 0.1) is 5.60 Å². The van der Waals surface area contributed by atoms with Gasteiger partial charge in [-0.2, -0.15) is 0 Å². The maximum Gasteiger partial charge on any atom is 0.127 e. The monoisotopic (exact) mass is 295 g/mol. The van der Waals surface area contributed by atoms with Gasteiger partial charge in [-0.25, -0.2) is 4.39 Å². The second-order valence-corrected chi connectivity index (χ2v) is 6.33. The number of nitrogens with one attached hydrogen (secondary N) is 1. The van der Waals surface area contributed by atoms with Crippen molar-refractivity contribution in [3.05, 3.63) is 29.6 Å². The molecule has 1 aromatic rings. The van der Waals surface area contributed by atoms with Crippen molar-refractivity contribution in [2.24, 2.45) is 0 Å². The van der Waals surface area contributed by atoms with E-state index in [9.17, 15) is 4.39 Å². The fourth-order valence-electron chi connectivity index (χ4n) is 2.78. The highest BCUT2D eigenvalue weighted by atomic mass is 19.1. The Kier molecular flexibility index (Phi) is 5.22. The van der Waals surface area contributed by atoms with Crippen molar-refractivity contribution >= 4 is 0 Å². The molecule has 1 aliphatic rings. The molecule has 0 aliphatic carbocycles. The van der Waals surface area contributed by atoms with Crippen molar-refractivity contribution in [3.63, 3.8) is 0 Å². The van der Waals surface area contributed by atoms with Gasteiger partial charge in [0.25, 0.3) is 0 Å². The molecular formula is C17H26FNO2. The van der Waals surface area contributed by atoms with E-state index in [2.05, 4.69) is 12.2 Å². The molecule has 1 aromatic carbocycles. The highest BCUT2D eigenvalue weighted by molar-refractivity contribution is 5.38. The summed E-state index contributed by atoms with van der Waals surface area (Å²) in [6.07, 6.45) is 2.76. The molecular weight excluding hydrogens is 269 g/mol. The fourth-order valence-corrected chi connectivity index (χ4v) is 2.78. The van der Waals surface area contributed by atoms with Crippen LogP contribution in [0.3, 0.4) is 0 Å². The average molecular weight is 295 g/mol. The number of methoxy groups -OCH3 is 1. The van der Waals surface area contributed by atoms with Gasteiger partial charge in [0, 0.05) is 37.6 Å². The first-order chi connectivity index (χ1) is 9.95. The molecule has 118 valence electrons. The highest BCUT2D eigenvalue weighted by Gasteiger charge is 2.32. The molecule has 4 heteroatoms. The van der Waals surface area contributed by atoms with Crippen LogP contribution < -0.4 is 10.1 Å². The smallest absolute Gasteiger partial charge is 0.127 e. The van der Waals surface area contributed by atoms with Gasteiger partial charge in [0.2, 0.25) is 0 Å². The largest absolute Gasteiger partial charge is 0.490 e. The topological polar surface area (TPSA) is 30.5 Å². The van der Waals surface area contributed by atoms with Gasteiger partial charge >= 0.3 is 0 Å². The van der Waals surface area contributed by atoms with Crippen molar-refractivity contribution in [1.82, 2.24) is 5.32 Å². The number of hydrogen-bond acceptors (Lipinski definition) is 3. The number of halogens is 1. The van der Waals surface area contributed by atoms with E-state index in [1.807, 2.05) is 19.9 Å². The summed E-state index contributed by atoms with van der Waals surface area (Å²) in [6.45, 7) is 7.18. The standard InChI is InChI=1S/C17H26FNO2/c1-5-8-19-15-10-13(11-17(2,3)20-4)21-16-9-12(18)6-7-14(15)16/h6-7,9,13,15,19H,5,8,10-11H2,1-4H3. The van der Waals surface area contributed by atoms with Crippen molar-refractivity contribution in [3.8, 4) is 5.75 Å². The van der Waals surface area contributed by atoms with E-state index in [0.717, 1.165) is 31.4 Å². The molecule has 2 rings (SSSR count). The number of fused-ring (bicyclic) bond motifs is 1. The maximum atomic E-state index is 13.5. The Morgan fingerprint density at radius 2 is 2.19 bits per heavy atom. The molecule has 0 saturated heterocycles. The lowest BCUT2D eigenvalue weighted by Gasteiger charge is -2.36. The predicted molar refractivity (Wildman–Crippen MR) is 82.2 cm³/mol. The summed E-state index contributed by atoms with van der Waals surface area (Å²) in [5.74, 6) is 0.404. The Morgan fingerprint density at radius 1 is 1.43 bits per heavy atom. The number of ether oxygens (including phenoxy) is 2. The zero-order valence-corrected chi connectivity index (χ0v) is 13.4. The molecule has 2 atom stereocenters. The van der Waals surface area contributed by atoms with Crippen LogP contribution >= 0.6 is 0 Å². The van der Waals surface area contributed by atoms with Crippen LogP contribution in [-0.4, -0.2) is 25.4 Å². The fraction of sp³-hybridized carbons (Fsp3) is 0.647. The molecule has 21 heavy (non-hydrogen) atoms. The molecule has 2 unspecified atom stereocenters. The highest BCUT2D eigenvalue weighted by Crippen LogP contribution is 2.37. The van der Waals surface area contributed by atoms with Crippen LogP contribution in [0.4, 0.5) is 4.39 Å². The zero-order chi connectivity index (χ0) is 15.5. The molecule has 0 saturated carbocycles. The van der Waals surface area contributed by atoms with E-state index >= 15 is 0 Å². The van der Waals surface area contributed by atoms with E-state index in [1.165, 1.54) is 12.1 Å². The second-order valence-electron chi connectivity index (χ2n) is 6.33. The minimum Gasteiger partial charge on any atom is -0.490 e. The SMILES string of the molecule is CCCNC1CC(CC(C)(C)OC)Oc2cc(F)ccc21. The van der Waals surface area contributed by atoms with Crippen molar-refractivity contribution < 1.29 is 13.9 Å². The third-order valence-electron chi connectivity index (χ3n) is 4.06. The van der Waals surface area contributed by atoms with Crippen LogP contribution in [-0.2, 0) is 4.74 Å². The summed E-state index contributed by atoms with van der Waals surface area (Å²) < 4.78 is 25.0. The van der Waals surface area contributed by atoms with Crippen molar-refractivity contribution in [1.29, 1.82) is 0 Å². The minimum atomic E-state index is -0.255. The number of rotatable bonds is 6. The minimum absolute atomic E-state index is 0.0311. The Morgan fingerprint density at radius 3 is 2.86 bits per heavy atom. The lowest BCUT2D eigenvalue weighted by molar-refractivity contribution is -0.0205. The second kappa shape index (κ2) is 6.75. The van der Waals surface area contributed by atoms with Crippen molar-refractivity contribution in [2.75, 3.05) is 13.7 Å². The Balaban J connectivity index is 2.19. The van der Waals surface area contributed by atoms with E-state index in [0.29, 0.717) is 5.75 Å². The normalized spacial score (nSPS) is 21.8. The summed E-state index contributed by atoms with van der Waals surface area (Å²) in [7, 11) is 1.71. The third kappa shape index (κ3) is 4.17. The quantitative estimate of drug-likeness (QED) is 0.865. The van der Waals surface area contributed by atoms with Crippen molar-refractivity contribution in [2.45, 2.75) is 57.8 Å². The lowest BCUT2D eigenvalue weighted by atomic mass is 9.90. The van der Waals surface area contributed by atoms with E-state index in [4.69, 9.17) is 9.47 Å². The van der Waals surface area contributed by atoms with Crippen LogP contribution in [0.5, 0.6) is 5.75 Å². The molecule has 3 nitrogen and oxygen atoms in total. The molecule has 1 heterocycles. The third-order valence-corrected chi connectivity index (χ3v) is 4.06. The van der Waals surface area contributed by atoms with E-state index in [-0.39, 0.29) is 23.6 Å². The van der Waals surface area contributed by atoms with Gasteiger partial charge in [-0.05, 0) is 32.9 Å². The molecule has 0 radical (unpaired) electrons. The zero-order valence-electron chi connectivity index (χ0n) is 13.4. The number of hydrogen-bond donors (Lipinski definition) is 1. The van der Waals surface area contributed by atoms with Crippen LogP contribution in [0.25, 0.3) is 0 Å². The summed E-state index contributed by atoms with van der Waals surface area (Å²) in [5.41, 5.74) is 0.807. The van der Waals surface area contributed by atoms with Crippen LogP contribution in [0.1, 0.15) is 51.6 Å². The average Bonchev–Trinajstić information content (AvgIpc) is 2.43. The molecule has 0 amide bonds. The molecule has 0 fully saturated rings. The summed E-state index contributed by atoms with van der Waals surface area (Å²) in [4.78, 5) is 0. The summed E-state index contributed by atoms with van der Waals surface area (Å²) >= 11 is 0. The Labute approximate surface area is 126 Å². The summed E-state index contributed by atoms with van der Waals surface area (Å²) in [5, 5.41) is 3.54. The Bertz CT molecular complexity index is 476. The number of benzene rings is 1. The van der Waals surface area contributed by atoms with E-state index in [1.54, 1.807) is 7.11 Å². The predicted octanol–water partition coefficient (Wildman–Crippen LogP) is 3.83. The molecule has 1 aliphatic heterocycles. The first kappa shape index (κ1) is 16.2. The van der Waals surface area contributed by atoms with Gasteiger partial charge in [0.1, 0.15) is 17.7 Å². The first-order valence-electron chi connectivity index (χ1n) is 7.70. The first-order valence-corrected chi connectivity index (χ1v) is 7.70. The van der Waals surface area contributed by atoms with E-state index < -0.39 is 0 Å². The molecule has 0 aromatic heterocycles. The van der Waals surface area contributed by atoms with Crippen LogP contribution in [0, 0.1) is 5.82 Å². The van der Waals surface area contributed by atoms with Crippen LogP contribution in [0.2, 0.25) is 0 Å². The molecule has 0 spiro atoms. The molecule has 1 N–H and O–H groups in total. The lowest BCUT2D eigenvalue weighted by Crippen LogP contribution is -2.38. The maximum absolute atomic E-state index is 13.5. The van der Waals surface area contributed by atoms with Crippen LogP contribution in [0.15, 0.2) is 18.2 Å². The Hall–Kier alpha value is -1.13. The van der Waals surface area contributed by atoms with Gasteiger partial charge in [-0.15, -0.1) is 0 Å².